The third kappa shape index (κ3) is 1.18. The summed E-state index contributed by atoms with van der Waals surface area (Å²) in [6.45, 7) is 1.81. The maximum absolute atomic E-state index is 10.1. The molecule has 3 rings (SSSR count). The molecule has 0 spiro atoms. The minimum absolute atomic E-state index is 0.0548. The van der Waals surface area contributed by atoms with Gasteiger partial charge in [0.1, 0.15) is 0 Å². The minimum atomic E-state index is -0.613. The molecule has 3 saturated carbocycles. The molecule has 0 radical (unpaired) electrons. The summed E-state index contributed by atoms with van der Waals surface area (Å²) < 4.78 is 0. The minimum Gasteiger partial charge on any atom is -0.395 e. The summed E-state index contributed by atoms with van der Waals surface area (Å²) in [7, 11) is 0. The quantitative estimate of drug-likeness (QED) is 0.657. The van der Waals surface area contributed by atoms with Crippen LogP contribution in [-0.2, 0) is 0 Å². The van der Waals surface area contributed by atoms with E-state index >= 15 is 0 Å². The Hall–Kier alpha value is -0.590. The highest BCUT2D eigenvalue weighted by atomic mass is 16.3. The van der Waals surface area contributed by atoms with Crippen LogP contribution in [0.15, 0.2) is 0 Å². The van der Waals surface area contributed by atoms with Crippen molar-refractivity contribution in [3.05, 3.63) is 0 Å². The van der Waals surface area contributed by atoms with Crippen LogP contribution in [0.4, 0.5) is 0 Å². The third-order valence-electron chi connectivity index (χ3n) is 4.30. The third-order valence-corrected chi connectivity index (χ3v) is 4.30. The van der Waals surface area contributed by atoms with Crippen molar-refractivity contribution in [3.8, 4) is 6.07 Å². The molecule has 0 aromatic rings. The zero-order chi connectivity index (χ0) is 10.4. The highest BCUT2D eigenvalue weighted by Crippen LogP contribution is 2.55. The monoisotopic (exact) mass is 195 g/mol. The van der Waals surface area contributed by atoms with Crippen molar-refractivity contribution in [2.75, 3.05) is 6.61 Å². The molecule has 2 N–H and O–H groups in total. The van der Waals surface area contributed by atoms with Gasteiger partial charge in [-0.3, -0.25) is 0 Å². The topological polar surface area (TPSA) is 64.2 Å². The largest absolute Gasteiger partial charge is 0.395 e. The van der Waals surface area contributed by atoms with Crippen LogP contribution in [-0.4, -0.2) is 22.4 Å². The predicted molar refractivity (Wildman–Crippen MR) is 51.2 cm³/mol. The lowest BCUT2D eigenvalue weighted by Crippen LogP contribution is -2.54. The molecule has 3 aliphatic rings. The second-order valence-electron chi connectivity index (χ2n) is 5.16. The molecule has 0 aliphatic heterocycles. The molecule has 3 heteroatoms. The van der Waals surface area contributed by atoms with E-state index < -0.39 is 11.0 Å². The molecular formula is C11H17NO2. The van der Waals surface area contributed by atoms with E-state index in [4.69, 9.17) is 5.26 Å². The zero-order valence-corrected chi connectivity index (χ0v) is 8.53. The summed E-state index contributed by atoms with van der Waals surface area (Å²) in [4.78, 5) is 0. The first kappa shape index (κ1) is 9.95. The van der Waals surface area contributed by atoms with Crippen LogP contribution in [0.2, 0.25) is 0 Å². The van der Waals surface area contributed by atoms with E-state index in [1.807, 2.05) is 6.92 Å². The van der Waals surface area contributed by atoms with Gasteiger partial charge in [-0.25, -0.2) is 0 Å². The van der Waals surface area contributed by atoms with E-state index in [1.165, 1.54) is 0 Å². The second-order valence-corrected chi connectivity index (χ2v) is 5.16. The summed E-state index contributed by atoms with van der Waals surface area (Å²) in [5.74, 6) is 0.372. The van der Waals surface area contributed by atoms with Crippen molar-refractivity contribution in [1.82, 2.24) is 0 Å². The standard InChI is InChI=1S/C11H17NO2/c1-10(14)4-9-3-2-8(10)5-11(9,6-12)7-13/h8-9,13-14H,2-5,7H2,1H3. The molecule has 2 bridgehead atoms. The molecule has 3 aliphatic carbocycles. The van der Waals surface area contributed by atoms with Crippen molar-refractivity contribution >= 4 is 0 Å². The predicted octanol–water partition coefficient (Wildman–Crippen LogP) is 1.06. The van der Waals surface area contributed by atoms with Crippen molar-refractivity contribution in [3.63, 3.8) is 0 Å². The zero-order valence-electron chi connectivity index (χ0n) is 8.53. The molecule has 4 atom stereocenters. The lowest BCUT2D eigenvalue weighted by Gasteiger charge is -2.54. The number of aliphatic hydroxyl groups excluding tert-OH is 1. The van der Waals surface area contributed by atoms with Gasteiger partial charge in [0, 0.05) is 0 Å². The van der Waals surface area contributed by atoms with Gasteiger partial charge >= 0.3 is 0 Å². The number of aliphatic hydroxyl groups is 2. The van der Waals surface area contributed by atoms with E-state index in [0.29, 0.717) is 12.8 Å². The van der Waals surface area contributed by atoms with E-state index in [1.54, 1.807) is 0 Å². The van der Waals surface area contributed by atoms with Crippen molar-refractivity contribution in [2.45, 2.75) is 38.2 Å². The number of nitriles is 1. The lowest BCUT2D eigenvalue weighted by atomic mass is 9.52. The van der Waals surface area contributed by atoms with Crippen LogP contribution < -0.4 is 0 Å². The summed E-state index contributed by atoms with van der Waals surface area (Å²) in [6, 6.07) is 2.28. The fourth-order valence-electron chi connectivity index (χ4n) is 3.25. The van der Waals surface area contributed by atoms with Gasteiger partial charge in [-0.1, -0.05) is 0 Å². The number of hydrogen-bond acceptors (Lipinski definition) is 3. The molecule has 14 heavy (non-hydrogen) atoms. The van der Waals surface area contributed by atoms with E-state index in [-0.39, 0.29) is 18.4 Å². The van der Waals surface area contributed by atoms with E-state index in [2.05, 4.69) is 6.07 Å². The normalized spacial score (nSPS) is 51.6. The van der Waals surface area contributed by atoms with Crippen molar-refractivity contribution in [1.29, 1.82) is 5.26 Å². The maximum Gasteiger partial charge on any atom is 0.0836 e. The fourth-order valence-corrected chi connectivity index (χ4v) is 3.25. The maximum atomic E-state index is 10.1. The Morgan fingerprint density at radius 3 is 2.36 bits per heavy atom. The average molecular weight is 195 g/mol. The highest BCUT2D eigenvalue weighted by molar-refractivity contribution is 5.13. The molecule has 4 unspecified atom stereocenters. The van der Waals surface area contributed by atoms with Crippen molar-refractivity contribution < 1.29 is 10.2 Å². The first-order chi connectivity index (χ1) is 6.54. The van der Waals surface area contributed by atoms with Gasteiger partial charge in [0.25, 0.3) is 0 Å². The summed E-state index contributed by atoms with van der Waals surface area (Å²) >= 11 is 0. The summed E-state index contributed by atoms with van der Waals surface area (Å²) in [5.41, 5.74) is -1.18. The van der Waals surface area contributed by atoms with Gasteiger partial charge in [0.2, 0.25) is 0 Å². The van der Waals surface area contributed by atoms with Crippen LogP contribution >= 0.6 is 0 Å². The van der Waals surface area contributed by atoms with Crippen LogP contribution in [0.25, 0.3) is 0 Å². The Balaban J connectivity index is 2.28. The molecule has 3 fully saturated rings. The molecule has 78 valence electrons. The Morgan fingerprint density at radius 1 is 1.36 bits per heavy atom. The van der Waals surface area contributed by atoms with Crippen LogP contribution in [0, 0.1) is 28.6 Å². The van der Waals surface area contributed by atoms with Crippen LogP contribution in [0.5, 0.6) is 0 Å². The number of rotatable bonds is 1. The van der Waals surface area contributed by atoms with Crippen LogP contribution in [0.3, 0.4) is 0 Å². The number of nitrogens with zero attached hydrogens (tertiary/aromatic N) is 1. The first-order valence-electron chi connectivity index (χ1n) is 5.28. The summed E-state index contributed by atoms with van der Waals surface area (Å²) in [6.07, 6.45) is 3.32. The van der Waals surface area contributed by atoms with Gasteiger partial charge in [-0.15, -0.1) is 0 Å². The van der Waals surface area contributed by atoms with Crippen LogP contribution in [0.1, 0.15) is 32.6 Å². The van der Waals surface area contributed by atoms with Gasteiger partial charge in [-0.2, -0.15) is 5.26 Å². The Labute approximate surface area is 84.4 Å². The molecule has 0 aromatic heterocycles. The van der Waals surface area contributed by atoms with Gasteiger partial charge in [-0.05, 0) is 44.4 Å². The summed E-state index contributed by atoms with van der Waals surface area (Å²) in [5, 5.41) is 28.6. The van der Waals surface area contributed by atoms with Gasteiger partial charge < -0.3 is 10.2 Å². The Bertz CT molecular complexity index is 282. The van der Waals surface area contributed by atoms with Gasteiger partial charge in [0.05, 0.1) is 23.7 Å². The average Bonchev–Trinajstić information content (AvgIpc) is 2.17. The lowest BCUT2D eigenvalue weighted by molar-refractivity contribution is -0.135. The fraction of sp³-hybridized carbons (Fsp3) is 0.909. The van der Waals surface area contributed by atoms with E-state index in [0.717, 1.165) is 12.8 Å². The number of hydrogen-bond donors (Lipinski definition) is 2. The molecule has 0 heterocycles. The molecular weight excluding hydrogens is 178 g/mol. The first-order valence-corrected chi connectivity index (χ1v) is 5.28. The van der Waals surface area contributed by atoms with Gasteiger partial charge in [0.15, 0.2) is 0 Å². The highest BCUT2D eigenvalue weighted by Gasteiger charge is 2.55. The van der Waals surface area contributed by atoms with Crippen molar-refractivity contribution in [2.24, 2.45) is 17.3 Å². The SMILES string of the molecule is CC1(O)CC2CCC1CC2(C#N)CO. The Morgan fingerprint density at radius 2 is 2.00 bits per heavy atom. The smallest absolute Gasteiger partial charge is 0.0836 e. The number of fused-ring (bicyclic) bond motifs is 3. The second kappa shape index (κ2) is 2.95. The molecule has 3 nitrogen and oxygen atoms in total. The molecule has 0 saturated heterocycles. The Kier molecular flexibility index (Phi) is 2.09. The molecule has 0 amide bonds. The van der Waals surface area contributed by atoms with E-state index in [9.17, 15) is 10.2 Å². The molecule has 0 aromatic carbocycles.